The summed E-state index contributed by atoms with van der Waals surface area (Å²) in [5.74, 6) is -1.69. The molecule has 0 saturated heterocycles. The van der Waals surface area contributed by atoms with E-state index in [0.29, 0.717) is 77.5 Å². The summed E-state index contributed by atoms with van der Waals surface area (Å²) >= 11 is 0. The third-order valence-corrected chi connectivity index (χ3v) is 20.5. The zero-order valence-corrected chi connectivity index (χ0v) is 72.3. The molecule has 672 valence electrons. The van der Waals surface area contributed by atoms with Gasteiger partial charge in [0.25, 0.3) is 58.3 Å². The van der Waals surface area contributed by atoms with Gasteiger partial charge in [0.15, 0.2) is 57.9 Å². The van der Waals surface area contributed by atoms with Crippen LogP contribution in [-0.2, 0) is 0 Å². The molecule has 0 radical (unpaired) electrons. The van der Waals surface area contributed by atoms with Crippen LogP contribution in [0.3, 0.4) is 0 Å². The number of anilines is 4. The number of fused-ring (bicyclic) bond motifs is 4. The molecule has 0 bridgehead atoms. The highest BCUT2D eigenvalue weighted by Crippen LogP contribution is 2.47. The zero-order valence-electron chi connectivity index (χ0n) is 72.3. The molecule has 8 N–H and O–H groups in total. The molecular weight excluding hydrogens is 1780 g/mol. The average Bonchev–Trinajstić information content (AvgIpc) is 1.11. The molecule has 0 aliphatic carbocycles. The number of rotatable bonds is 20. The number of hydrogen-bond donors (Lipinski definition) is 8. The third kappa shape index (κ3) is 20.0. The first kappa shape index (κ1) is 90.2. The van der Waals surface area contributed by atoms with Crippen LogP contribution in [0.25, 0.3) is 86.0 Å². The summed E-state index contributed by atoms with van der Waals surface area (Å²) in [4.78, 5) is 98.1. The minimum atomic E-state index is -0.507. The minimum absolute atomic E-state index is 0.0258. The molecule has 8 heterocycles. The number of carbonyl (C=O) groups excluding carboxylic acids is 4. The van der Waals surface area contributed by atoms with Gasteiger partial charge in [0.2, 0.25) is 0 Å². The van der Waals surface area contributed by atoms with Crippen molar-refractivity contribution in [2.24, 2.45) is 40.9 Å². The second-order valence-electron chi connectivity index (χ2n) is 29.2. The lowest BCUT2D eigenvalue weighted by atomic mass is 10.0. The van der Waals surface area contributed by atoms with Crippen LogP contribution in [0.4, 0.5) is 91.5 Å². The number of nitrogens with one attached hydrogen (secondary N) is 4. The van der Waals surface area contributed by atoms with E-state index in [4.69, 9.17) is 26.3 Å². The number of benzene rings is 12. The Bertz CT molecular complexity index is 7400. The van der Waals surface area contributed by atoms with Crippen LogP contribution in [0.15, 0.2) is 382 Å². The molecule has 0 unspecified atom stereocenters. The van der Waals surface area contributed by atoms with Gasteiger partial charge in [0.1, 0.15) is 41.7 Å². The molecule has 20 rings (SSSR count). The highest BCUT2D eigenvalue weighted by atomic mass is 16.3. The molecule has 8 aromatic heterocycles. The molecule has 40 nitrogen and oxygen atoms in total. The summed E-state index contributed by atoms with van der Waals surface area (Å²) < 4.78 is 5.26. The van der Waals surface area contributed by atoms with Crippen molar-refractivity contribution < 1.29 is 39.6 Å². The monoisotopic (exact) mass is 1840 g/mol. The number of phenols is 4. The van der Waals surface area contributed by atoms with Crippen LogP contribution >= 0.6 is 0 Å². The highest BCUT2D eigenvalue weighted by Gasteiger charge is 2.27. The van der Waals surface area contributed by atoms with Gasteiger partial charge in [0.05, 0.1) is 73.3 Å². The van der Waals surface area contributed by atoms with Gasteiger partial charge in [-0.25, -0.2) is 58.6 Å². The van der Waals surface area contributed by atoms with Gasteiger partial charge in [-0.15, -0.1) is 40.9 Å². The highest BCUT2D eigenvalue weighted by molar-refractivity contribution is 6.15. The molecule has 0 saturated carbocycles. The van der Waals surface area contributed by atoms with E-state index in [2.05, 4.69) is 142 Å². The van der Waals surface area contributed by atoms with Crippen LogP contribution in [-0.4, -0.2) is 123 Å². The zero-order chi connectivity index (χ0) is 96.8. The van der Waals surface area contributed by atoms with Crippen molar-refractivity contribution in [3.05, 3.63) is 409 Å². The first-order valence-corrected chi connectivity index (χ1v) is 41.6. The summed E-state index contributed by atoms with van der Waals surface area (Å²) in [7, 11) is 0. The number of aromatic nitrogens is 16. The van der Waals surface area contributed by atoms with Crippen molar-refractivity contribution in [3.8, 4) is 46.5 Å². The summed E-state index contributed by atoms with van der Waals surface area (Å²) in [5.41, 5.74) is 3.38. The predicted molar refractivity (Wildman–Crippen MR) is 518 cm³/mol. The summed E-state index contributed by atoms with van der Waals surface area (Å²) in [6.07, 6.45) is 15.5. The number of pyridine rings is 1. The molecule has 0 fully saturated rings. The normalized spacial score (nSPS) is 10.9. The van der Waals surface area contributed by atoms with E-state index < -0.39 is 23.6 Å². The lowest BCUT2D eigenvalue weighted by molar-refractivity contribution is 0.101. The third-order valence-electron chi connectivity index (χ3n) is 20.5. The van der Waals surface area contributed by atoms with Crippen LogP contribution in [0.2, 0.25) is 0 Å². The number of azo groups is 4. The van der Waals surface area contributed by atoms with Crippen molar-refractivity contribution in [1.29, 1.82) is 0 Å². The first-order valence-electron chi connectivity index (χ1n) is 41.6. The van der Waals surface area contributed by atoms with Crippen molar-refractivity contribution in [3.63, 3.8) is 0 Å². The maximum Gasteiger partial charge on any atom is 0.259 e. The lowest BCUT2D eigenvalue weighted by Gasteiger charge is -2.11. The Morgan fingerprint density at radius 3 is 0.843 bits per heavy atom. The van der Waals surface area contributed by atoms with Gasteiger partial charge in [-0.2, -0.15) is 39.7 Å². The molecule has 20 aromatic rings. The fraction of sp³-hybridized carbons (Fsp3) is 0. The van der Waals surface area contributed by atoms with Gasteiger partial charge in [0, 0.05) is 75.1 Å². The predicted octanol–water partition coefficient (Wildman–Crippen LogP) is 23.0. The molecule has 40 heteroatoms. The van der Waals surface area contributed by atoms with Crippen molar-refractivity contribution in [1.82, 2.24) is 79.0 Å². The van der Waals surface area contributed by atoms with Gasteiger partial charge >= 0.3 is 0 Å². The molecular formula is C100H64N32O8. The van der Waals surface area contributed by atoms with E-state index in [9.17, 15) is 39.6 Å². The number of para-hydroxylation sites is 4. The Morgan fingerprint density at radius 2 is 0.543 bits per heavy atom. The van der Waals surface area contributed by atoms with Crippen LogP contribution < -0.4 is 21.3 Å². The summed E-state index contributed by atoms with van der Waals surface area (Å²) in [6.45, 7) is 29.8. The Balaban J connectivity index is 0.000000129. The van der Waals surface area contributed by atoms with E-state index in [1.807, 2.05) is 60.7 Å². The second-order valence-corrected chi connectivity index (χ2v) is 29.2. The molecule has 0 aliphatic heterocycles. The quantitative estimate of drug-likeness (QED) is 0.0259. The molecule has 0 spiro atoms. The van der Waals surface area contributed by atoms with Gasteiger partial charge < -0.3 is 41.7 Å². The Kier molecular flexibility index (Phi) is 27.1. The van der Waals surface area contributed by atoms with E-state index in [1.165, 1.54) is 81.1 Å². The van der Waals surface area contributed by atoms with Gasteiger partial charge in [-0.3, -0.25) is 19.2 Å². The number of amides is 4. The summed E-state index contributed by atoms with van der Waals surface area (Å²) in [5, 5.41) is 111. The molecule has 4 amide bonds. The van der Waals surface area contributed by atoms with Gasteiger partial charge in [-0.05, 0) is 113 Å². The smallest absolute Gasteiger partial charge is 0.259 e. The second kappa shape index (κ2) is 42.0. The van der Waals surface area contributed by atoms with E-state index in [0.717, 1.165) is 0 Å². The Labute approximate surface area is 790 Å². The standard InChI is InChI=1S/C26H17N7O2.2C25H16N8O2.C24H15N9O2/c1-27-21-16-29-33(22-13-7-8-14-28-22)25(21)32-31-23-19-12-6-5-9-17(19)15-20(24(23)34)26(35)30-18-10-3-2-4-11-18;1-26-20-15-29-33(25-27-12-7-13-28-25)23(20)32-31-21-18-11-6-5-8-16(18)14-19(22(21)34)24(35)30-17-9-3-2-4-10-17;1-26-20-14-29-33(21-11-12-27-15-28-21)24(20)32-31-22-18-10-6-5-7-16(18)13-19(23(22)34)25(35)30-17-8-3-2-4-9-17;1-25-19-12-29-33(24-27-13-26-14-28-24)22(19)32-31-20-17-10-6-5-7-15(17)11-18(21(20)34)23(35)30-16-8-3-2-4-9-16/h2-16,34H,(H,30,35);2*2-15,34H,(H,30,35);2-14,34H,(H,30,35). The number of hydrogen-bond acceptors (Lipinski definition) is 28. The molecule has 0 aliphatic rings. The van der Waals surface area contributed by atoms with E-state index >= 15 is 0 Å². The van der Waals surface area contributed by atoms with E-state index in [1.54, 1.807) is 219 Å². The molecule has 0 atom stereocenters. The van der Waals surface area contributed by atoms with Crippen molar-refractivity contribution in [2.75, 3.05) is 21.3 Å². The SMILES string of the molecule is [C-]#[N+]c1cnn(-c2ccccn2)c1N=Nc1c(O)c(C(=O)Nc2ccccc2)cc2ccccc12.[C-]#[N+]c1cnn(-c2ccncn2)c1N=Nc1c(O)c(C(=O)Nc2ccccc2)cc2ccccc12.[C-]#[N+]c1cnn(-c2ncccn2)c1N=Nc1c(O)c(C(=O)Nc2ccccc2)cc2ccccc12.[C-]#[N+]c1cnn(-c2ncncn2)c1N=Nc1c(O)c(C(=O)Nc2ccccc2)cc2ccccc12. The maximum atomic E-state index is 13.0. The van der Waals surface area contributed by atoms with E-state index in [-0.39, 0.29) is 126 Å². The number of carbonyl (C=O) groups is 4. The van der Waals surface area contributed by atoms with Crippen molar-refractivity contribution in [2.45, 2.75) is 0 Å². The minimum Gasteiger partial charge on any atom is -0.505 e. The first-order chi connectivity index (χ1) is 68.6. The maximum absolute atomic E-state index is 13.0. The fourth-order valence-electron chi connectivity index (χ4n) is 13.9. The Hall–Kier alpha value is -21.7. The topological polar surface area (TPSA) is 488 Å². The summed E-state index contributed by atoms with van der Waals surface area (Å²) in [6, 6.07) is 79.3. The number of nitrogens with zero attached hydrogens (tertiary/aromatic N) is 28. The molecule has 12 aromatic carbocycles. The number of phenolic OH excluding ortho intramolecular Hbond substituents is 4. The van der Waals surface area contributed by atoms with Crippen molar-refractivity contribution >= 4 is 158 Å². The number of aromatic hydroxyl groups is 4. The lowest BCUT2D eigenvalue weighted by Crippen LogP contribution is -2.12. The van der Waals surface area contributed by atoms with Crippen LogP contribution in [0.1, 0.15) is 41.4 Å². The Morgan fingerprint density at radius 1 is 0.271 bits per heavy atom. The fourth-order valence-corrected chi connectivity index (χ4v) is 13.9. The largest absolute Gasteiger partial charge is 0.505 e. The van der Waals surface area contributed by atoms with Gasteiger partial charge in [-0.1, -0.05) is 176 Å². The van der Waals surface area contributed by atoms with Crippen LogP contribution in [0, 0.1) is 26.3 Å². The average molecular weight is 1840 g/mol. The molecule has 140 heavy (non-hydrogen) atoms. The van der Waals surface area contributed by atoms with Crippen LogP contribution in [0.5, 0.6) is 23.0 Å².